The molecule has 1 aliphatic carbocycles. The molecule has 2 nitrogen and oxygen atoms in total. The van der Waals surface area contributed by atoms with Gasteiger partial charge in [-0.1, -0.05) is 26.0 Å². The SMILES string of the molecule is Cc1cccc(N)c1[C@]1(C)CCC(C)(C)C1=O. The second kappa shape index (κ2) is 3.59. The van der Waals surface area contributed by atoms with Gasteiger partial charge in [0, 0.05) is 11.1 Å². The van der Waals surface area contributed by atoms with Crippen molar-refractivity contribution in [1.82, 2.24) is 0 Å². The van der Waals surface area contributed by atoms with Gasteiger partial charge in [0.1, 0.15) is 5.78 Å². The molecular formula is C15H21NO. The Kier molecular flexibility index (Phi) is 2.57. The third-order valence-corrected chi connectivity index (χ3v) is 4.22. The van der Waals surface area contributed by atoms with Gasteiger partial charge in [-0.05, 0) is 43.9 Å². The van der Waals surface area contributed by atoms with Gasteiger partial charge >= 0.3 is 0 Å². The molecule has 1 aliphatic rings. The largest absolute Gasteiger partial charge is 0.398 e. The monoisotopic (exact) mass is 231 g/mol. The fourth-order valence-corrected chi connectivity index (χ4v) is 3.22. The Morgan fingerprint density at radius 1 is 1.18 bits per heavy atom. The first-order chi connectivity index (χ1) is 7.79. The van der Waals surface area contributed by atoms with E-state index in [1.807, 2.05) is 45.9 Å². The van der Waals surface area contributed by atoms with Crippen LogP contribution in [0, 0.1) is 12.3 Å². The number of carbonyl (C=O) groups is 1. The molecule has 2 N–H and O–H groups in total. The molecule has 1 aromatic carbocycles. The Morgan fingerprint density at radius 3 is 2.29 bits per heavy atom. The standard InChI is InChI=1S/C15H21NO/c1-10-6-5-7-11(16)12(10)15(4)9-8-14(2,3)13(15)17/h5-7H,8-9,16H2,1-4H3/t15-/m0/s1. The van der Waals surface area contributed by atoms with Gasteiger partial charge in [-0.2, -0.15) is 0 Å². The summed E-state index contributed by atoms with van der Waals surface area (Å²) in [5.74, 6) is 0.325. The third-order valence-electron chi connectivity index (χ3n) is 4.22. The first-order valence-corrected chi connectivity index (χ1v) is 6.19. The van der Waals surface area contributed by atoms with Crippen LogP contribution in [-0.2, 0) is 10.2 Å². The van der Waals surface area contributed by atoms with Crippen LogP contribution in [0.3, 0.4) is 0 Å². The minimum Gasteiger partial charge on any atom is -0.398 e. The summed E-state index contributed by atoms with van der Waals surface area (Å²) in [5, 5.41) is 0. The lowest BCUT2D eigenvalue weighted by Gasteiger charge is -2.28. The van der Waals surface area contributed by atoms with Crippen molar-refractivity contribution in [2.45, 2.75) is 46.0 Å². The van der Waals surface area contributed by atoms with Crippen molar-refractivity contribution in [3.63, 3.8) is 0 Å². The van der Waals surface area contributed by atoms with Gasteiger partial charge in [-0.15, -0.1) is 0 Å². The van der Waals surface area contributed by atoms with E-state index in [0.717, 1.165) is 29.7 Å². The minimum absolute atomic E-state index is 0.219. The highest BCUT2D eigenvalue weighted by molar-refractivity contribution is 5.97. The Labute approximate surface area is 103 Å². The number of nitrogens with two attached hydrogens (primary N) is 1. The maximum Gasteiger partial charge on any atom is 0.148 e. The highest BCUT2D eigenvalue weighted by Crippen LogP contribution is 2.49. The highest BCUT2D eigenvalue weighted by Gasteiger charge is 2.50. The van der Waals surface area contributed by atoms with Crippen LogP contribution in [0.1, 0.15) is 44.7 Å². The van der Waals surface area contributed by atoms with Crippen molar-refractivity contribution in [2.75, 3.05) is 5.73 Å². The van der Waals surface area contributed by atoms with Crippen LogP contribution in [0.4, 0.5) is 5.69 Å². The summed E-state index contributed by atoms with van der Waals surface area (Å²) in [4.78, 5) is 12.6. The minimum atomic E-state index is -0.404. The molecule has 0 amide bonds. The van der Waals surface area contributed by atoms with Crippen LogP contribution < -0.4 is 5.73 Å². The molecule has 92 valence electrons. The Bertz CT molecular complexity index is 456. The maximum absolute atomic E-state index is 12.6. The molecule has 0 bridgehead atoms. The second-order valence-corrected chi connectivity index (χ2v) is 6.08. The molecule has 0 saturated heterocycles. The number of hydrogen-bond donors (Lipinski definition) is 1. The highest BCUT2D eigenvalue weighted by atomic mass is 16.1. The van der Waals surface area contributed by atoms with Gasteiger partial charge in [-0.3, -0.25) is 4.79 Å². The number of benzene rings is 1. The van der Waals surface area contributed by atoms with Gasteiger partial charge in [0.05, 0.1) is 5.41 Å². The molecule has 0 heterocycles. The van der Waals surface area contributed by atoms with Crippen molar-refractivity contribution in [1.29, 1.82) is 0 Å². The molecule has 17 heavy (non-hydrogen) atoms. The number of aryl methyl sites for hydroxylation is 1. The summed E-state index contributed by atoms with van der Waals surface area (Å²) >= 11 is 0. The van der Waals surface area contributed by atoms with Gasteiger partial charge in [0.2, 0.25) is 0 Å². The predicted molar refractivity (Wildman–Crippen MR) is 71.0 cm³/mol. The number of nitrogen functional groups attached to an aromatic ring is 1. The van der Waals surface area contributed by atoms with E-state index >= 15 is 0 Å². The summed E-state index contributed by atoms with van der Waals surface area (Å²) < 4.78 is 0. The fourth-order valence-electron chi connectivity index (χ4n) is 3.22. The molecule has 2 rings (SSSR count). The molecule has 2 heteroatoms. The quantitative estimate of drug-likeness (QED) is 0.754. The van der Waals surface area contributed by atoms with Crippen molar-refractivity contribution < 1.29 is 4.79 Å². The van der Waals surface area contributed by atoms with Crippen LogP contribution in [0.2, 0.25) is 0 Å². The average molecular weight is 231 g/mol. The predicted octanol–water partition coefficient (Wildman–Crippen LogP) is 3.22. The maximum atomic E-state index is 12.6. The molecule has 1 aromatic rings. The van der Waals surface area contributed by atoms with E-state index in [0.29, 0.717) is 5.78 Å². The van der Waals surface area contributed by atoms with E-state index < -0.39 is 5.41 Å². The average Bonchev–Trinajstić information content (AvgIpc) is 2.43. The molecule has 0 radical (unpaired) electrons. The van der Waals surface area contributed by atoms with Crippen molar-refractivity contribution in [3.05, 3.63) is 29.3 Å². The lowest BCUT2D eigenvalue weighted by atomic mass is 9.74. The lowest BCUT2D eigenvalue weighted by molar-refractivity contribution is -0.128. The fraction of sp³-hybridized carbons (Fsp3) is 0.533. The second-order valence-electron chi connectivity index (χ2n) is 6.08. The number of ketones is 1. The van der Waals surface area contributed by atoms with E-state index in [4.69, 9.17) is 5.73 Å². The Balaban J connectivity index is 2.58. The van der Waals surface area contributed by atoms with Gasteiger partial charge in [0.25, 0.3) is 0 Å². The Hall–Kier alpha value is -1.31. The summed E-state index contributed by atoms with van der Waals surface area (Å²) in [5.41, 5.74) is 8.37. The van der Waals surface area contributed by atoms with Crippen molar-refractivity contribution in [3.8, 4) is 0 Å². The summed E-state index contributed by atoms with van der Waals surface area (Å²) in [6.07, 6.45) is 1.84. The molecule has 0 aromatic heterocycles. The van der Waals surface area contributed by atoms with Crippen molar-refractivity contribution >= 4 is 11.5 Å². The molecule has 1 atom stereocenters. The molecule has 0 spiro atoms. The van der Waals surface area contributed by atoms with Gasteiger partial charge < -0.3 is 5.73 Å². The van der Waals surface area contributed by atoms with Crippen LogP contribution in [0.25, 0.3) is 0 Å². The van der Waals surface area contributed by atoms with Crippen LogP contribution in [0.5, 0.6) is 0 Å². The van der Waals surface area contributed by atoms with E-state index in [9.17, 15) is 4.79 Å². The van der Waals surface area contributed by atoms with Crippen LogP contribution >= 0.6 is 0 Å². The topological polar surface area (TPSA) is 43.1 Å². The van der Waals surface area contributed by atoms with E-state index in [-0.39, 0.29) is 5.41 Å². The number of hydrogen-bond acceptors (Lipinski definition) is 2. The summed E-state index contributed by atoms with van der Waals surface area (Å²) in [7, 11) is 0. The molecule has 0 aliphatic heterocycles. The summed E-state index contributed by atoms with van der Waals surface area (Å²) in [6, 6.07) is 5.88. The smallest absolute Gasteiger partial charge is 0.148 e. The third kappa shape index (κ3) is 1.67. The number of carbonyl (C=O) groups excluding carboxylic acids is 1. The van der Waals surface area contributed by atoms with E-state index in [1.54, 1.807) is 0 Å². The first-order valence-electron chi connectivity index (χ1n) is 6.19. The molecule has 1 fully saturated rings. The van der Waals surface area contributed by atoms with Crippen LogP contribution in [-0.4, -0.2) is 5.78 Å². The van der Waals surface area contributed by atoms with E-state index in [2.05, 4.69) is 0 Å². The summed E-state index contributed by atoms with van der Waals surface area (Å²) in [6.45, 7) is 8.16. The van der Waals surface area contributed by atoms with Gasteiger partial charge in [0.15, 0.2) is 0 Å². The van der Waals surface area contributed by atoms with E-state index in [1.165, 1.54) is 0 Å². The zero-order chi connectivity index (χ0) is 12.8. The lowest BCUT2D eigenvalue weighted by Crippen LogP contribution is -2.34. The Morgan fingerprint density at radius 2 is 1.82 bits per heavy atom. The zero-order valence-corrected chi connectivity index (χ0v) is 11.1. The molecular weight excluding hydrogens is 210 g/mol. The molecule has 1 saturated carbocycles. The zero-order valence-electron chi connectivity index (χ0n) is 11.1. The number of Topliss-reactive ketones (excluding diaryl/α,β-unsaturated/α-hetero) is 1. The number of anilines is 1. The number of rotatable bonds is 1. The first kappa shape index (κ1) is 12.2. The molecule has 0 unspecified atom stereocenters. The van der Waals surface area contributed by atoms with Crippen LogP contribution in [0.15, 0.2) is 18.2 Å². The van der Waals surface area contributed by atoms with Crippen molar-refractivity contribution in [2.24, 2.45) is 5.41 Å². The van der Waals surface area contributed by atoms with Gasteiger partial charge in [-0.25, -0.2) is 0 Å². The normalized spacial score (nSPS) is 27.4.